The second-order valence-corrected chi connectivity index (χ2v) is 8.13. The Morgan fingerprint density at radius 3 is 2.29 bits per heavy atom. The maximum atomic E-state index is 12.1. The molecule has 174 valence electrons. The van der Waals surface area contributed by atoms with Gasteiger partial charge in [0, 0.05) is 10.2 Å². The zero-order valence-corrected chi connectivity index (χ0v) is 19.9. The summed E-state index contributed by atoms with van der Waals surface area (Å²) in [6.07, 6.45) is 1.39. The molecule has 0 spiro atoms. The van der Waals surface area contributed by atoms with E-state index in [0.29, 0.717) is 17.0 Å². The topological polar surface area (TPSA) is 109 Å². The molecule has 8 nitrogen and oxygen atoms in total. The molecular formula is C25H23BrN4O4. The first kappa shape index (κ1) is 24.7. The number of benzene rings is 3. The monoisotopic (exact) mass is 522 g/mol. The number of carbonyl (C=O) groups is 3. The maximum absolute atomic E-state index is 12.1. The van der Waals surface area contributed by atoms with Crippen molar-refractivity contribution in [3.8, 4) is 5.75 Å². The van der Waals surface area contributed by atoms with Crippen LogP contribution in [-0.2, 0) is 14.4 Å². The van der Waals surface area contributed by atoms with Gasteiger partial charge in [-0.25, -0.2) is 5.43 Å². The minimum Gasteiger partial charge on any atom is -0.484 e. The van der Waals surface area contributed by atoms with Gasteiger partial charge in [0.25, 0.3) is 5.91 Å². The fourth-order valence-corrected chi connectivity index (χ4v) is 3.11. The van der Waals surface area contributed by atoms with Crippen LogP contribution in [0.2, 0.25) is 0 Å². The standard InChI is InChI=1S/C25H23BrN4O4/c1-17(19-5-3-2-4-6-19)28-23(31)16-34-22-13-7-18(8-14-22)15-27-30-25(33)24(32)29-21-11-9-20(26)10-12-21/h2-15,17H,16H2,1H3,(H,28,31)(H,29,32)(H,30,33)/b27-15-/t17-/m0/s1. The van der Waals surface area contributed by atoms with Crippen LogP contribution in [0.25, 0.3) is 0 Å². The number of anilines is 1. The first-order valence-electron chi connectivity index (χ1n) is 10.4. The second-order valence-electron chi connectivity index (χ2n) is 7.22. The lowest BCUT2D eigenvalue weighted by Gasteiger charge is -2.14. The summed E-state index contributed by atoms with van der Waals surface area (Å²) >= 11 is 3.30. The van der Waals surface area contributed by atoms with E-state index in [9.17, 15) is 14.4 Å². The summed E-state index contributed by atoms with van der Waals surface area (Å²) < 4.78 is 6.37. The summed E-state index contributed by atoms with van der Waals surface area (Å²) in [5.74, 6) is -1.44. The lowest BCUT2D eigenvalue weighted by Crippen LogP contribution is -2.32. The number of hydrogen-bond acceptors (Lipinski definition) is 5. The van der Waals surface area contributed by atoms with Crippen LogP contribution in [0.5, 0.6) is 5.75 Å². The van der Waals surface area contributed by atoms with E-state index in [-0.39, 0.29) is 18.6 Å². The van der Waals surface area contributed by atoms with Crippen molar-refractivity contribution in [2.45, 2.75) is 13.0 Å². The van der Waals surface area contributed by atoms with E-state index in [1.54, 1.807) is 48.5 Å². The van der Waals surface area contributed by atoms with Crippen molar-refractivity contribution in [3.05, 3.63) is 94.5 Å². The Hall–Kier alpha value is -3.98. The van der Waals surface area contributed by atoms with Crippen LogP contribution >= 0.6 is 15.9 Å². The number of ether oxygens (including phenoxy) is 1. The Labute approximate surface area is 205 Å². The van der Waals surface area contributed by atoms with Crippen molar-refractivity contribution in [1.29, 1.82) is 0 Å². The third-order valence-electron chi connectivity index (χ3n) is 4.62. The molecule has 0 aliphatic carbocycles. The van der Waals surface area contributed by atoms with Gasteiger partial charge < -0.3 is 15.4 Å². The van der Waals surface area contributed by atoms with E-state index in [0.717, 1.165) is 10.0 Å². The minimum absolute atomic E-state index is 0.117. The lowest BCUT2D eigenvalue weighted by molar-refractivity contribution is -0.136. The molecule has 0 bridgehead atoms. The Bertz CT molecular complexity index is 1150. The highest BCUT2D eigenvalue weighted by Gasteiger charge is 2.13. The Morgan fingerprint density at radius 1 is 0.941 bits per heavy atom. The van der Waals surface area contributed by atoms with E-state index in [4.69, 9.17) is 4.74 Å². The average Bonchev–Trinajstić information content (AvgIpc) is 2.85. The summed E-state index contributed by atoms with van der Waals surface area (Å²) in [7, 11) is 0. The molecule has 0 aliphatic rings. The summed E-state index contributed by atoms with van der Waals surface area (Å²) in [6, 6.07) is 23.1. The van der Waals surface area contributed by atoms with Crippen LogP contribution < -0.4 is 20.8 Å². The predicted octanol–water partition coefficient (Wildman–Crippen LogP) is 3.79. The molecule has 3 aromatic rings. The van der Waals surface area contributed by atoms with Crippen LogP contribution in [0.3, 0.4) is 0 Å². The molecule has 0 fully saturated rings. The van der Waals surface area contributed by atoms with Gasteiger partial charge in [-0.3, -0.25) is 14.4 Å². The van der Waals surface area contributed by atoms with Crippen molar-refractivity contribution in [1.82, 2.24) is 10.7 Å². The molecule has 3 aromatic carbocycles. The van der Waals surface area contributed by atoms with E-state index in [1.165, 1.54) is 6.21 Å². The number of halogens is 1. The fourth-order valence-electron chi connectivity index (χ4n) is 2.84. The largest absolute Gasteiger partial charge is 0.484 e. The zero-order valence-electron chi connectivity index (χ0n) is 18.3. The van der Waals surface area contributed by atoms with E-state index < -0.39 is 11.8 Å². The maximum Gasteiger partial charge on any atom is 0.329 e. The van der Waals surface area contributed by atoms with Gasteiger partial charge in [-0.1, -0.05) is 46.3 Å². The van der Waals surface area contributed by atoms with Gasteiger partial charge in [0.2, 0.25) is 0 Å². The number of amides is 3. The van der Waals surface area contributed by atoms with Gasteiger partial charge in [-0.2, -0.15) is 5.10 Å². The van der Waals surface area contributed by atoms with Gasteiger partial charge in [-0.05, 0) is 66.6 Å². The molecule has 0 heterocycles. The summed E-state index contributed by atoms with van der Waals surface area (Å²) in [5.41, 5.74) is 4.35. The number of carbonyl (C=O) groups excluding carboxylic acids is 3. The average molecular weight is 523 g/mol. The normalized spacial score (nSPS) is 11.5. The van der Waals surface area contributed by atoms with Crippen molar-refractivity contribution < 1.29 is 19.1 Å². The Kier molecular flexibility index (Phi) is 8.93. The fraction of sp³-hybridized carbons (Fsp3) is 0.120. The van der Waals surface area contributed by atoms with Crippen molar-refractivity contribution in [2.24, 2.45) is 5.10 Å². The first-order valence-corrected chi connectivity index (χ1v) is 11.2. The van der Waals surface area contributed by atoms with E-state index in [1.807, 2.05) is 37.3 Å². The lowest BCUT2D eigenvalue weighted by atomic mass is 10.1. The quantitative estimate of drug-likeness (QED) is 0.237. The van der Waals surface area contributed by atoms with E-state index >= 15 is 0 Å². The molecule has 3 N–H and O–H groups in total. The highest BCUT2D eigenvalue weighted by molar-refractivity contribution is 9.10. The number of hydrazone groups is 1. The molecule has 3 rings (SSSR count). The van der Waals surface area contributed by atoms with Gasteiger partial charge in [0.15, 0.2) is 6.61 Å². The van der Waals surface area contributed by atoms with Crippen LogP contribution in [0.15, 0.2) is 88.4 Å². The Morgan fingerprint density at radius 2 is 1.62 bits per heavy atom. The van der Waals surface area contributed by atoms with Gasteiger partial charge >= 0.3 is 11.8 Å². The molecule has 0 unspecified atom stereocenters. The molecule has 9 heteroatoms. The van der Waals surface area contributed by atoms with Crippen LogP contribution in [0, 0.1) is 0 Å². The molecule has 1 atom stereocenters. The van der Waals surface area contributed by atoms with E-state index in [2.05, 4.69) is 37.1 Å². The first-order chi connectivity index (χ1) is 16.4. The third kappa shape index (κ3) is 7.86. The molecule has 0 aromatic heterocycles. The van der Waals surface area contributed by atoms with Gasteiger partial charge in [0.1, 0.15) is 5.75 Å². The molecule has 0 aliphatic heterocycles. The van der Waals surface area contributed by atoms with Crippen molar-refractivity contribution >= 4 is 45.6 Å². The highest BCUT2D eigenvalue weighted by Crippen LogP contribution is 2.14. The zero-order chi connectivity index (χ0) is 24.3. The minimum atomic E-state index is -0.894. The molecule has 3 amide bonds. The number of rotatable bonds is 8. The smallest absolute Gasteiger partial charge is 0.329 e. The summed E-state index contributed by atoms with van der Waals surface area (Å²) in [5, 5.41) is 9.14. The highest BCUT2D eigenvalue weighted by atomic mass is 79.9. The molecule has 0 radical (unpaired) electrons. The summed E-state index contributed by atoms with van der Waals surface area (Å²) in [4.78, 5) is 35.9. The number of hydrogen-bond donors (Lipinski definition) is 3. The molecule has 0 saturated carbocycles. The SMILES string of the molecule is C[C@H](NC(=O)COc1ccc(/C=N\NC(=O)C(=O)Nc2ccc(Br)cc2)cc1)c1ccccc1. The molecule has 34 heavy (non-hydrogen) atoms. The van der Waals surface area contributed by atoms with Crippen LogP contribution in [0.1, 0.15) is 24.1 Å². The number of nitrogens with zero attached hydrogens (tertiary/aromatic N) is 1. The Balaban J connectivity index is 1.41. The van der Waals surface area contributed by atoms with Crippen molar-refractivity contribution in [3.63, 3.8) is 0 Å². The molecule has 0 saturated heterocycles. The van der Waals surface area contributed by atoms with Gasteiger partial charge in [-0.15, -0.1) is 0 Å². The van der Waals surface area contributed by atoms with Crippen LogP contribution in [-0.4, -0.2) is 30.5 Å². The summed E-state index contributed by atoms with van der Waals surface area (Å²) in [6.45, 7) is 1.79. The van der Waals surface area contributed by atoms with Crippen molar-refractivity contribution in [2.75, 3.05) is 11.9 Å². The van der Waals surface area contributed by atoms with Gasteiger partial charge in [0.05, 0.1) is 12.3 Å². The van der Waals surface area contributed by atoms with Crippen LogP contribution in [0.4, 0.5) is 5.69 Å². The third-order valence-corrected chi connectivity index (χ3v) is 5.14. The predicted molar refractivity (Wildman–Crippen MR) is 133 cm³/mol. The second kappa shape index (κ2) is 12.3. The number of nitrogens with one attached hydrogen (secondary N) is 3. The molecular weight excluding hydrogens is 500 g/mol.